The number of unbranched alkanes of at least 4 members (excludes halogenated alkanes) is 2. The molecule has 0 aliphatic rings. The van der Waals surface area contributed by atoms with E-state index in [1.54, 1.807) is 0 Å². The van der Waals surface area contributed by atoms with Crippen molar-refractivity contribution in [3.8, 4) is 5.75 Å². The molecular weight excluding hydrogens is 244 g/mol. The highest BCUT2D eigenvalue weighted by Crippen LogP contribution is 2.16. The van der Waals surface area contributed by atoms with Gasteiger partial charge in [0.1, 0.15) is 5.75 Å². The molecule has 14 heavy (non-hydrogen) atoms. The third kappa shape index (κ3) is 4.63. The summed E-state index contributed by atoms with van der Waals surface area (Å²) < 4.78 is 6.57. The zero-order chi connectivity index (χ0) is 10.2. The van der Waals surface area contributed by atoms with Crippen LogP contribution in [0.15, 0.2) is 28.7 Å². The molecule has 1 aromatic carbocycles. The van der Waals surface area contributed by atoms with E-state index in [1.165, 1.54) is 0 Å². The second-order valence-corrected chi connectivity index (χ2v) is 4.00. The first-order valence-electron chi connectivity index (χ1n) is 4.82. The smallest absolute Gasteiger partial charge is 0.119 e. The number of hydrogen-bond acceptors (Lipinski definition) is 2. The third-order valence-corrected chi connectivity index (χ3v) is 2.41. The summed E-state index contributed by atoms with van der Waals surface area (Å²) in [6, 6.07) is 7.80. The first-order valence-corrected chi connectivity index (χ1v) is 5.61. The number of rotatable bonds is 6. The molecule has 0 atom stereocenters. The van der Waals surface area contributed by atoms with Crippen LogP contribution in [0.3, 0.4) is 0 Å². The van der Waals surface area contributed by atoms with Gasteiger partial charge in [-0.05, 0) is 43.5 Å². The van der Waals surface area contributed by atoms with Crippen LogP contribution in [0, 0.1) is 0 Å². The van der Waals surface area contributed by atoms with E-state index >= 15 is 0 Å². The van der Waals surface area contributed by atoms with Crippen molar-refractivity contribution in [2.24, 2.45) is 0 Å². The lowest BCUT2D eigenvalue weighted by Gasteiger charge is -2.05. The Morgan fingerprint density at radius 1 is 1.07 bits per heavy atom. The highest BCUT2D eigenvalue weighted by atomic mass is 79.9. The van der Waals surface area contributed by atoms with Crippen LogP contribution in [-0.4, -0.2) is 18.3 Å². The molecule has 0 saturated carbocycles. The molecule has 3 heteroatoms. The first kappa shape index (κ1) is 11.5. The number of ether oxygens (including phenoxy) is 1. The van der Waals surface area contributed by atoms with E-state index in [-0.39, 0.29) is 6.61 Å². The second-order valence-electron chi connectivity index (χ2n) is 3.09. The van der Waals surface area contributed by atoms with Crippen LogP contribution >= 0.6 is 15.9 Å². The monoisotopic (exact) mass is 258 g/mol. The van der Waals surface area contributed by atoms with Crippen LogP contribution in [0.5, 0.6) is 5.75 Å². The summed E-state index contributed by atoms with van der Waals surface area (Å²) in [5, 5.41) is 8.57. The Kier molecular flexibility index (Phi) is 5.64. The van der Waals surface area contributed by atoms with Crippen LogP contribution in [0.25, 0.3) is 0 Å². The highest BCUT2D eigenvalue weighted by molar-refractivity contribution is 9.10. The van der Waals surface area contributed by atoms with Gasteiger partial charge in [0.2, 0.25) is 0 Å². The summed E-state index contributed by atoms with van der Waals surface area (Å²) in [7, 11) is 0. The largest absolute Gasteiger partial charge is 0.494 e. The van der Waals surface area contributed by atoms with Gasteiger partial charge >= 0.3 is 0 Å². The second kappa shape index (κ2) is 6.85. The minimum Gasteiger partial charge on any atom is -0.494 e. The maximum absolute atomic E-state index is 8.57. The van der Waals surface area contributed by atoms with E-state index in [0.717, 1.165) is 36.1 Å². The molecule has 0 radical (unpaired) electrons. The maximum atomic E-state index is 8.57. The van der Waals surface area contributed by atoms with Crippen molar-refractivity contribution >= 4 is 15.9 Å². The summed E-state index contributed by atoms with van der Waals surface area (Å²) in [5.74, 6) is 0.900. The molecule has 1 N–H and O–H groups in total. The summed E-state index contributed by atoms with van der Waals surface area (Å²) in [4.78, 5) is 0. The average molecular weight is 259 g/mol. The van der Waals surface area contributed by atoms with Crippen LogP contribution in [0.1, 0.15) is 19.3 Å². The lowest BCUT2D eigenvalue weighted by atomic mass is 10.2. The van der Waals surface area contributed by atoms with Crippen LogP contribution in [-0.2, 0) is 0 Å². The Hall–Kier alpha value is -0.540. The van der Waals surface area contributed by atoms with Gasteiger partial charge in [0, 0.05) is 11.1 Å². The summed E-state index contributed by atoms with van der Waals surface area (Å²) >= 11 is 3.36. The maximum Gasteiger partial charge on any atom is 0.119 e. The molecule has 78 valence electrons. The molecule has 0 spiro atoms. The van der Waals surface area contributed by atoms with E-state index in [4.69, 9.17) is 9.84 Å². The fourth-order valence-electron chi connectivity index (χ4n) is 1.11. The van der Waals surface area contributed by atoms with Crippen molar-refractivity contribution in [1.29, 1.82) is 0 Å². The summed E-state index contributed by atoms with van der Waals surface area (Å²) in [5.41, 5.74) is 0. The molecule has 1 rings (SSSR count). The molecule has 0 unspecified atom stereocenters. The molecule has 0 amide bonds. The van der Waals surface area contributed by atoms with Crippen molar-refractivity contribution in [3.05, 3.63) is 28.7 Å². The van der Waals surface area contributed by atoms with Gasteiger partial charge in [0.15, 0.2) is 0 Å². The van der Waals surface area contributed by atoms with Crippen molar-refractivity contribution < 1.29 is 9.84 Å². The number of aliphatic hydroxyl groups excluding tert-OH is 1. The minimum atomic E-state index is 0.276. The molecule has 1 aromatic rings. The van der Waals surface area contributed by atoms with Crippen molar-refractivity contribution in [2.45, 2.75) is 19.3 Å². The van der Waals surface area contributed by atoms with Gasteiger partial charge in [0.25, 0.3) is 0 Å². The van der Waals surface area contributed by atoms with Crippen LogP contribution in [0.4, 0.5) is 0 Å². The fourth-order valence-corrected chi connectivity index (χ4v) is 1.38. The lowest BCUT2D eigenvalue weighted by Crippen LogP contribution is -1.97. The molecule has 0 aromatic heterocycles. The minimum absolute atomic E-state index is 0.276. The van der Waals surface area contributed by atoms with E-state index < -0.39 is 0 Å². The normalized spacial score (nSPS) is 10.1. The topological polar surface area (TPSA) is 29.5 Å². The van der Waals surface area contributed by atoms with Gasteiger partial charge < -0.3 is 9.84 Å². The van der Waals surface area contributed by atoms with E-state index in [9.17, 15) is 0 Å². The highest BCUT2D eigenvalue weighted by Gasteiger charge is 1.93. The van der Waals surface area contributed by atoms with Crippen molar-refractivity contribution in [2.75, 3.05) is 13.2 Å². The Balaban J connectivity index is 2.15. The standard InChI is InChI=1S/C11H15BrO2/c12-10-4-6-11(7-5-10)14-9-3-1-2-8-13/h4-7,13H,1-3,8-9H2. The fraction of sp³-hybridized carbons (Fsp3) is 0.455. The average Bonchev–Trinajstić information content (AvgIpc) is 2.21. The van der Waals surface area contributed by atoms with Gasteiger partial charge in [-0.3, -0.25) is 0 Å². The third-order valence-electron chi connectivity index (χ3n) is 1.88. The Morgan fingerprint density at radius 2 is 1.79 bits per heavy atom. The molecular formula is C11H15BrO2. The molecule has 0 heterocycles. The number of hydrogen-bond donors (Lipinski definition) is 1. The first-order chi connectivity index (χ1) is 6.83. The molecule has 0 saturated heterocycles. The van der Waals surface area contributed by atoms with Gasteiger partial charge in [-0.15, -0.1) is 0 Å². The van der Waals surface area contributed by atoms with Crippen LogP contribution < -0.4 is 4.74 Å². The van der Waals surface area contributed by atoms with Gasteiger partial charge in [-0.25, -0.2) is 0 Å². The Labute approximate surface area is 93.0 Å². The SMILES string of the molecule is OCCCCCOc1ccc(Br)cc1. The van der Waals surface area contributed by atoms with Gasteiger partial charge in [-0.2, -0.15) is 0 Å². The number of benzene rings is 1. The van der Waals surface area contributed by atoms with Crippen LogP contribution in [0.2, 0.25) is 0 Å². The number of aliphatic hydroxyl groups is 1. The zero-order valence-electron chi connectivity index (χ0n) is 8.08. The van der Waals surface area contributed by atoms with E-state index in [2.05, 4.69) is 15.9 Å². The molecule has 0 aliphatic heterocycles. The Bertz CT molecular complexity index is 246. The summed E-state index contributed by atoms with van der Waals surface area (Å²) in [6.07, 6.45) is 2.88. The van der Waals surface area contributed by atoms with Crippen molar-refractivity contribution in [3.63, 3.8) is 0 Å². The predicted molar refractivity (Wildman–Crippen MR) is 60.6 cm³/mol. The van der Waals surface area contributed by atoms with E-state index in [1.807, 2.05) is 24.3 Å². The van der Waals surface area contributed by atoms with Crippen molar-refractivity contribution in [1.82, 2.24) is 0 Å². The summed E-state index contributed by atoms with van der Waals surface area (Å²) in [6.45, 7) is 1.000. The van der Waals surface area contributed by atoms with Gasteiger partial charge in [-0.1, -0.05) is 15.9 Å². The quantitative estimate of drug-likeness (QED) is 0.796. The molecule has 0 aliphatic carbocycles. The lowest BCUT2D eigenvalue weighted by molar-refractivity contribution is 0.266. The number of halogens is 1. The Morgan fingerprint density at radius 3 is 2.43 bits per heavy atom. The van der Waals surface area contributed by atoms with Gasteiger partial charge in [0.05, 0.1) is 6.61 Å². The molecule has 0 bridgehead atoms. The molecule has 0 fully saturated rings. The zero-order valence-corrected chi connectivity index (χ0v) is 9.66. The molecule has 2 nitrogen and oxygen atoms in total. The van der Waals surface area contributed by atoms with E-state index in [0.29, 0.717) is 0 Å². The predicted octanol–water partition coefficient (Wildman–Crippen LogP) is 2.99.